The first-order chi connectivity index (χ1) is 11.2. The highest BCUT2D eigenvalue weighted by Gasteiger charge is 2.30. The first-order valence-electron chi connectivity index (χ1n) is 7.79. The second kappa shape index (κ2) is 6.78. The molecule has 1 aromatic carbocycles. The lowest BCUT2D eigenvalue weighted by Gasteiger charge is -2.34. The van der Waals surface area contributed by atoms with Crippen molar-refractivity contribution in [2.75, 3.05) is 31.3 Å². The van der Waals surface area contributed by atoms with Crippen molar-refractivity contribution in [1.29, 1.82) is 0 Å². The SMILES string of the molecule is CC[C@H]1CN(C(=O)C2=NCC(=O)N(c3ccccc3)N2)CCO1. The Morgan fingerprint density at radius 3 is 2.91 bits per heavy atom. The molecule has 23 heavy (non-hydrogen) atoms. The second-order valence-electron chi connectivity index (χ2n) is 5.49. The maximum atomic E-state index is 12.6. The Bertz CT molecular complexity index is 617. The van der Waals surface area contributed by atoms with Crippen molar-refractivity contribution < 1.29 is 14.3 Å². The number of carbonyl (C=O) groups is 2. The number of aliphatic imine (C=N–C) groups is 1. The van der Waals surface area contributed by atoms with Crippen molar-refractivity contribution in [3.63, 3.8) is 0 Å². The molecule has 0 radical (unpaired) electrons. The summed E-state index contributed by atoms with van der Waals surface area (Å²) in [5.74, 6) is -0.188. The summed E-state index contributed by atoms with van der Waals surface area (Å²) in [6.07, 6.45) is 0.918. The summed E-state index contributed by atoms with van der Waals surface area (Å²) in [7, 11) is 0. The number of benzene rings is 1. The van der Waals surface area contributed by atoms with E-state index in [1.807, 2.05) is 25.1 Å². The predicted octanol–water partition coefficient (Wildman–Crippen LogP) is 0.574. The van der Waals surface area contributed by atoms with Gasteiger partial charge in [-0.25, -0.2) is 5.01 Å². The number of rotatable bonds is 3. The number of para-hydroxylation sites is 1. The molecule has 122 valence electrons. The van der Waals surface area contributed by atoms with E-state index in [-0.39, 0.29) is 30.3 Å². The minimum absolute atomic E-state index is 0.0372. The van der Waals surface area contributed by atoms with Crippen LogP contribution in [0, 0.1) is 0 Å². The normalized spacial score (nSPS) is 21.7. The summed E-state index contributed by atoms with van der Waals surface area (Å²) in [5.41, 5.74) is 3.54. The summed E-state index contributed by atoms with van der Waals surface area (Å²) in [6, 6.07) is 9.16. The Hall–Kier alpha value is -2.41. The average molecular weight is 316 g/mol. The molecular weight excluding hydrogens is 296 g/mol. The van der Waals surface area contributed by atoms with E-state index in [1.165, 1.54) is 5.01 Å². The van der Waals surface area contributed by atoms with Gasteiger partial charge in [-0.1, -0.05) is 25.1 Å². The molecule has 0 aromatic heterocycles. The maximum absolute atomic E-state index is 12.6. The third kappa shape index (κ3) is 3.34. The van der Waals surface area contributed by atoms with Crippen LogP contribution in [-0.4, -0.2) is 54.9 Å². The zero-order valence-electron chi connectivity index (χ0n) is 13.1. The molecule has 0 spiro atoms. The van der Waals surface area contributed by atoms with Gasteiger partial charge < -0.3 is 9.64 Å². The van der Waals surface area contributed by atoms with Crippen LogP contribution in [0.15, 0.2) is 35.3 Å². The van der Waals surface area contributed by atoms with Crippen molar-refractivity contribution in [3.8, 4) is 0 Å². The number of hydrogen-bond acceptors (Lipinski definition) is 5. The topological polar surface area (TPSA) is 74.2 Å². The Kier molecular flexibility index (Phi) is 4.57. The molecule has 3 rings (SSSR count). The zero-order valence-corrected chi connectivity index (χ0v) is 13.1. The molecule has 0 unspecified atom stereocenters. The van der Waals surface area contributed by atoms with Crippen LogP contribution >= 0.6 is 0 Å². The average Bonchev–Trinajstić information content (AvgIpc) is 2.62. The molecule has 1 aromatic rings. The number of nitrogens with one attached hydrogen (secondary N) is 1. The van der Waals surface area contributed by atoms with Crippen LogP contribution in [0.25, 0.3) is 0 Å². The van der Waals surface area contributed by atoms with Gasteiger partial charge in [-0.2, -0.15) is 0 Å². The number of carbonyl (C=O) groups excluding carboxylic acids is 2. The van der Waals surface area contributed by atoms with Crippen LogP contribution in [0.5, 0.6) is 0 Å². The Morgan fingerprint density at radius 1 is 1.39 bits per heavy atom. The standard InChI is InChI=1S/C16H20N4O3/c1-2-13-11-19(8-9-23-13)16(22)15-17-10-14(21)20(18-15)12-6-4-3-5-7-12/h3-7,13H,2,8-11H2,1H3,(H,17,18)/t13-/m0/s1. The molecule has 2 amide bonds. The van der Waals surface area contributed by atoms with E-state index in [1.54, 1.807) is 17.0 Å². The molecule has 0 bridgehead atoms. The van der Waals surface area contributed by atoms with Crippen molar-refractivity contribution in [2.24, 2.45) is 4.99 Å². The van der Waals surface area contributed by atoms with E-state index in [0.717, 1.165) is 6.42 Å². The van der Waals surface area contributed by atoms with Crippen molar-refractivity contribution in [3.05, 3.63) is 30.3 Å². The molecule has 7 heteroatoms. The lowest BCUT2D eigenvalue weighted by Crippen LogP contribution is -2.58. The third-order valence-corrected chi connectivity index (χ3v) is 3.94. The number of morpholine rings is 1. The Balaban J connectivity index is 1.73. The molecule has 0 aliphatic carbocycles. The zero-order chi connectivity index (χ0) is 16.2. The lowest BCUT2D eigenvalue weighted by atomic mass is 10.2. The first kappa shape index (κ1) is 15.5. The number of amides is 2. The monoisotopic (exact) mass is 316 g/mol. The van der Waals surface area contributed by atoms with E-state index < -0.39 is 0 Å². The second-order valence-corrected chi connectivity index (χ2v) is 5.49. The van der Waals surface area contributed by atoms with Gasteiger partial charge in [0.1, 0.15) is 6.54 Å². The fourth-order valence-electron chi connectivity index (χ4n) is 2.62. The highest BCUT2D eigenvalue weighted by atomic mass is 16.5. The van der Waals surface area contributed by atoms with E-state index in [2.05, 4.69) is 10.4 Å². The van der Waals surface area contributed by atoms with E-state index in [4.69, 9.17) is 4.74 Å². The van der Waals surface area contributed by atoms with E-state index >= 15 is 0 Å². The molecule has 1 fully saturated rings. The molecule has 1 saturated heterocycles. The molecule has 7 nitrogen and oxygen atoms in total. The van der Waals surface area contributed by atoms with Crippen LogP contribution in [0.3, 0.4) is 0 Å². The summed E-state index contributed by atoms with van der Waals surface area (Å²) < 4.78 is 5.58. The molecule has 2 aliphatic rings. The van der Waals surface area contributed by atoms with Gasteiger partial charge in [0.2, 0.25) is 5.84 Å². The van der Waals surface area contributed by atoms with E-state index in [0.29, 0.717) is 25.4 Å². The third-order valence-electron chi connectivity index (χ3n) is 3.94. The molecule has 1 N–H and O–H groups in total. The first-order valence-corrected chi connectivity index (χ1v) is 7.79. The summed E-state index contributed by atoms with van der Waals surface area (Å²) in [4.78, 5) is 30.5. The van der Waals surface area contributed by atoms with Crippen LogP contribution in [0.2, 0.25) is 0 Å². The largest absolute Gasteiger partial charge is 0.375 e. The number of hydrazine groups is 1. The number of nitrogens with zero attached hydrogens (tertiary/aromatic N) is 3. The number of anilines is 1. The minimum Gasteiger partial charge on any atom is -0.375 e. The highest BCUT2D eigenvalue weighted by molar-refractivity contribution is 6.39. The molecule has 2 heterocycles. The lowest BCUT2D eigenvalue weighted by molar-refractivity contribution is -0.132. The number of hydrogen-bond donors (Lipinski definition) is 1. The van der Waals surface area contributed by atoms with Crippen LogP contribution in [0.4, 0.5) is 5.69 Å². The fraction of sp³-hybridized carbons (Fsp3) is 0.438. The summed E-state index contributed by atoms with van der Waals surface area (Å²) in [5, 5.41) is 1.37. The highest BCUT2D eigenvalue weighted by Crippen LogP contribution is 2.14. The van der Waals surface area contributed by atoms with Crippen LogP contribution in [-0.2, 0) is 14.3 Å². The predicted molar refractivity (Wildman–Crippen MR) is 86.0 cm³/mol. The Labute approximate surface area is 134 Å². The summed E-state index contributed by atoms with van der Waals surface area (Å²) in [6.45, 7) is 3.61. The minimum atomic E-state index is -0.194. The number of ether oxygens (including phenoxy) is 1. The van der Waals surface area contributed by atoms with Gasteiger partial charge in [-0.05, 0) is 18.6 Å². The van der Waals surface area contributed by atoms with Gasteiger partial charge in [0, 0.05) is 13.1 Å². The van der Waals surface area contributed by atoms with Gasteiger partial charge in [0.15, 0.2) is 0 Å². The van der Waals surface area contributed by atoms with Gasteiger partial charge in [0.05, 0.1) is 18.4 Å². The van der Waals surface area contributed by atoms with Crippen molar-refractivity contribution in [1.82, 2.24) is 10.3 Å². The van der Waals surface area contributed by atoms with Crippen molar-refractivity contribution >= 4 is 23.3 Å². The quantitative estimate of drug-likeness (QED) is 0.885. The Morgan fingerprint density at radius 2 is 2.17 bits per heavy atom. The van der Waals surface area contributed by atoms with E-state index in [9.17, 15) is 9.59 Å². The van der Waals surface area contributed by atoms with Gasteiger partial charge in [-0.3, -0.25) is 20.0 Å². The smallest absolute Gasteiger partial charge is 0.290 e. The van der Waals surface area contributed by atoms with Crippen molar-refractivity contribution in [2.45, 2.75) is 19.4 Å². The van der Waals surface area contributed by atoms with Gasteiger partial charge in [-0.15, -0.1) is 0 Å². The number of amidine groups is 1. The van der Waals surface area contributed by atoms with Gasteiger partial charge >= 0.3 is 0 Å². The summed E-state index contributed by atoms with van der Waals surface area (Å²) >= 11 is 0. The maximum Gasteiger partial charge on any atom is 0.290 e. The van der Waals surface area contributed by atoms with Crippen LogP contribution < -0.4 is 10.4 Å². The molecular formula is C16H20N4O3. The van der Waals surface area contributed by atoms with Crippen LogP contribution in [0.1, 0.15) is 13.3 Å². The molecule has 0 saturated carbocycles. The molecule has 2 aliphatic heterocycles. The fourth-order valence-corrected chi connectivity index (χ4v) is 2.62. The molecule has 1 atom stereocenters. The van der Waals surface area contributed by atoms with Gasteiger partial charge in [0.25, 0.3) is 11.8 Å².